The van der Waals surface area contributed by atoms with Gasteiger partial charge in [0.1, 0.15) is 5.75 Å². The molecule has 22 heavy (non-hydrogen) atoms. The van der Waals surface area contributed by atoms with Crippen LogP contribution in [0.3, 0.4) is 0 Å². The fourth-order valence-electron chi connectivity index (χ4n) is 3.25. The summed E-state index contributed by atoms with van der Waals surface area (Å²) in [6, 6.07) is 5.60. The first kappa shape index (κ1) is 17.1. The van der Waals surface area contributed by atoms with Gasteiger partial charge in [-0.2, -0.15) is 0 Å². The third-order valence-electron chi connectivity index (χ3n) is 4.97. The molecule has 1 saturated heterocycles. The van der Waals surface area contributed by atoms with E-state index in [2.05, 4.69) is 13.8 Å². The van der Waals surface area contributed by atoms with E-state index in [-0.39, 0.29) is 5.91 Å². The van der Waals surface area contributed by atoms with Gasteiger partial charge in [-0.05, 0) is 37.7 Å². The number of carbonyl (C=O) groups excluding carboxylic acids is 1. The quantitative estimate of drug-likeness (QED) is 0.780. The van der Waals surface area contributed by atoms with Gasteiger partial charge in [0.25, 0.3) is 0 Å². The Bertz CT molecular complexity index is 526. The lowest BCUT2D eigenvalue weighted by Crippen LogP contribution is -2.33. The average Bonchev–Trinajstić information content (AvgIpc) is 2.96. The molecule has 1 aromatic rings. The Morgan fingerprint density at radius 1 is 1.32 bits per heavy atom. The van der Waals surface area contributed by atoms with E-state index in [1.165, 1.54) is 0 Å². The van der Waals surface area contributed by atoms with Gasteiger partial charge in [-0.1, -0.05) is 37.6 Å². The molecule has 1 aromatic carbocycles. The van der Waals surface area contributed by atoms with Crippen LogP contribution in [0, 0.1) is 5.41 Å². The first-order chi connectivity index (χ1) is 10.5. The molecule has 0 aliphatic carbocycles. The van der Waals surface area contributed by atoms with Crippen molar-refractivity contribution >= 4 is 17.5 Å². The average molecular weight is 324 g/mol. The fraction of sp³-hybridized carbons (Fsp3) is 0.611. The van der Waals surface area contributed by atoms with Crippen molar-refractivity contribution in [2.45, 2.75) is 46.5 Å². The summed E-state index contributed by atoms with van der Waals surface area (Å²) < 4.78 is 5.61. The Kier molecular flexibility index (Phi) is 5.74. The number of nitrogens with zero attached hydrogens (tertiary/aromatic N) is 1. The lowest BCUT2D eigenvalue weighted by molar-refractivity contribution is -0.129. The van der Waals surface area contributed by atoms with Crippen molar-refractivity contribution in [1.29, 1.82) is 0 Å². The van der Waals surface area contributed by atoms with Gasteiger partial charge in [-0.25, -0.2) is 0 Å². The summed E-state index contributed by atoms with van der Waals surface area (Å²) in [5, 5.41) is 0.574. The van der Waals surface area contributed by atoms with E-state index >= 15 is 0 Å². The van der Waals surface area contributed by atoms with Gasteiger partial charge in [-0.15, -0.1) is 0 Å². The summed E-state index contributed by atoms with van der Waals surface area (Å²) in [5.41, 5.74) is 1.19. The molecular formula is C18H26ClNO2. The number of hydrogen-bond donors (Lipinski definition) is 0. The van der Waals surface area contributed by atoms with Crippen LogP contribution >= 0.6 is 11.6 Å². The maximum Gasteiger partial charge on any atom is 0.227 e. The molecule has 1 heterocycles. The normalized spacial score (nSPS) is 16.8. The Balaban J connectivity index is 2.09. The van der Waals surface area contributed by atoms with Crippen LogP contribution in [0.25, 0.3) is 0 Å². The van der Waals surface area contributed by atoms with Gasteiger partial charge >= 0.3 is 0 Å². The van der Waals surface area contributed by atoms with E-state index in [1.54, 1.807) is 6.07 Å². The van der Waals surface area contributed by atoms with Crippen molar-refractivity contribution in [3.05, 3.63) is 28.8 Å². The molecule has 1 amide bonds. The van der Waals surface area contributed by atoms with Crippen molar-refractivity contribution in [1.82, 2.24) is 4.90 Å². The highest BCUT2D eigenvalue weighted by atomic mass is 35.5. The summed E-state index contributed by atoms with van der Waals surface area (Å²) in [6.07, 6.45) is 3.74. The van der Waals surface area contributed by atoms with Gasteiger partial charge < -0.3 is 9.64 Å². The maximum atomic E-state index is 12.6. The second-order valence-corrected chi connectivity index (χ2v) is 6.52. The predicted molar refractivity (Wildman–Crippen MR) is 90.5 cm³/mol. The second-order valence-electron chi connectivity index (χ2n) is 6.11. The summed E-state index contributed by atoms with van der Waals surface area (Å²) in [5.74, 6) is 0.823. The zero-order valence-corrected chi connectivity index (χ0v) is 14.6. The van der Waals surface area contributed by atoms with Crippen molar-refractivity contribution < 1.29 is 9.53 Å². The van der Waals surface area contributed by atoms with Crippen LogP contribution in [-0.4, -0.2) is 30.5 Å². The number of rotatable bonds is 6. The van der Waals surface area contributed by atoms with Gasteiger partial charge in [0, 0.05) is 18.7 Å². The molecule has 1 aliphatic rings. The Morgan fingerprint density at radius 2 is 2.05 bits per heavy atom. The Labute approximate surface area is 138 Å². The Hall–Kier alpha value is -1.22. The number of para-hydroxylation sites is 1. The third-order valence-corrected chi connectivity index (χ3v) is 5.27. The van der Waals surface area contributed by atoms with E-state index in [0.717, 1.165) is 37.9 Å². The third kappa shape index (κ3) is 3.57. The minimum absolute atomic E-state index is 0.173. The lowest BCUT2D eigenvalue weighted by Gasteiger charge is -2.26. The minimum atomic E-state index is 0.173. The molecule has 1 aliphatic heterocycles. The van der Waals surface area contributed by atoms with Crippen LogP contribution in [0.4, 0.5) is 0 Å². The monoisotopic (exact) mass is 323 g/mol. The minimum Gasteiger partial charge on any atom is -0.492 e. The van der Waals surface area contributed by atoms with Crippen molar-refractivity contribution in [3.63, 3.8) is 0 Å². The smallest absolute Gasteiger partial charge is 0.227 e. The maximum absolute atomic E-state index is 12.6. The van der Waals surface area contributed by atoms with Crippen molar-refractivity contribution in [2.24, 2.45) is 5.41 Å². The molecule has 0 bridgehead atoms. The van der Waals surface area contributed by atoms with Gasteiger partial charge in [0.2, 0.25) is 5.91 Å². The molecule has 4 heteroatoms. The second kappa shape index (κ2) is 7.36. The van der Waals surface area contributed by atoms with Crippen LogP contribution in [0.5, 0.6) is 5.75 Å². The zero-order chi connectivity index (χ0) is 16.2. The predicted octanol–water partition coefficient (Wildman–Crippen LogP) is 4.32. The number of halogens is 1. The fourth-order valence-corrected chi connectivity index (χ4v) is 3.50. The van der Waals surface area contributed by atoms with Crippen LogP contribution in [0.1, 0.15) is 45.6 Å². The van der Waals surface area contributed by atoms with E-state index in [9.17, 15) is 4.79 Å². The van der Waals surface area contributed by atoms with E-state index in [4.69, 9.17) is 16.3 Å². The highest BCUT2D eigenvalue weighted by molar-refractivity contribution is 6.32. The molecule has 1 fully saturated rings. The molecule has 3 nitrogen and oxygen atoms in total. The van der Waals surface area contributed by atoms with E-state index in [0.29, 0.717) is 29.2 Å². The number of hydrogen-bond acceptors (Lipinski definition) is 2. The standard InChI is InChI=1S/C18H26ClNO2/c1-4-18(5-2)10-11-20(13-18)16(21)12-14-8-7-9-15(19)17(14)22-6-3/h7-9H,4-6,10-13H2,1-3H3. The molecule has 0 atom stereocenters. The number of likely N-dealkylation sites (tertiary alicyclic amines) is 1. The zero-order valence-electron chi connectivity index (χ0n) is 13.8. The highest BCUT2D eigenvalue weighted by Gasteiger charge is 2.36. The molecule has 2 rings (SSSR count). The van der Waals surface area contributed by atoms with Crippen LogP contribution in [0.2, 0.25) is 5.02 Å². The largest absolute Gasteiger partial charge is 0.492 e. The molecular weight excluding hydrogens is 298 g/mol. The van der Waals surface area contributed by atoms with Gasteiger partial charge in [-0.3, -0.25) is 4.79 Å². The van der Waals surface area contributed by atoms with E-state index < -0.39 is 0 Å². The summed E-state index contributed by atoms with van der Waals surface area (Å²) in [4.78, 5) is 14.6. The van der Waals surface area contributed by atoms with Crippen LogP contribution < -0.4 is 4.74 Å². The highest BCUT2D eigenvalue weighted by Crippen LogP contribution is 2.37. The summed E-state index contributed by atoms with van der Waals surface area (Å²) in [7, 11) is 0. The molecule has 0 aromatic heterocycles. The molecule has 0 spiro atoms. The van der Waals surface area contributed by atoms with Gasteiger partial charge in [0.15, 0.2) is 0 Å². The molecule has 0 saturated carbocycles. The Morgan fingerprint density at radius 3 is 2.64 bits per heavy atom. The summed E-state index contributed by atoms with van der Waals surface area (Å²) in [6.45, 7) is 8.66. The van der Waals surface area contributed by atoms with Gasteiger partial charge in [0.05, 0.1) is 18.1 Å². The van der Waals surface area contributed by atoms with Crippen LogP contribution in [-0.2, 0) is 11.2 Å². The summed E-state index contributed by atoms with van der Waals surface area (Å²) >= 11 is 6.19. The molecule has 0 unspecified atom stereocenters. The number of benzene rings is 1. The first-order valence-corrected chi connectivity index (χ1v) is 8.61. The SMILES string of the molecule is CCOc1c(Cl)cccc1CC(=O)N1CCC(CC)(CC)C1. The lowest BCUT2D eigenvalue weighted by atomic mass is 9.82. The number of ether oxygens (including phenoxy) is 1. The van der Waals surface area contributed by atoms with Crippen LogP contribution in [0.15, 0.2) is 18.2 Å². The molecule has 0 N–H and O–H groups in total. The van der Waals surface area contributed by atoms with Crippen molar-refractivity contribution in [2.75, 3.05) is 19.7 Å². The van der Waals surface area contributed by atoms with Crippen molar-refractivity contribution in [3.8, 4) is 5.75 Å². The topological polar surface area (TPSA) is 29.5 Å². The molecule has 0 radical (unpaired) electrons. The van der Waals surface area contributed by atoms with E-state index in [1.807, 2.05) is 24.0 Å². The molecule has 122 valence electrons. The first-order valence-electron chi connectivity index (χ1n) is 8.23. The number of carbonyl (C=O) groups is 1. The number of amides is 1.